The molecule has 29 heavy (non-hydrogen) atoms. The molecule has 2 aromatic heterocycles. The summed E-state index contributed by atoms with van der Waals surface area (Å²) < 4.78 is 5.41. The maximum atomic E-state index is 12.9. The van der Waals surface area contributed by atoms with Gasteiger partial charge in [-0.15, -0.1) is 11.3 Å². The summed E-state index contributed by atoms with van der Waals surface area (Å²) in [5.41, 5.74) is 2.32. The molecular formula is C23H24N2O3S. The predicted octanol–water partition coefficient (Wildman–Crippen LogP) is 4.18. The first-order valence-corrected chi connectivity index (χ1v) is 10.7. The van der Waals surface area contributed by atoms with E-state index in [4.69, 9.17) is 4.42 Å². The third-order valence-electron chi connectivity index (χ3n) is 5.12. The quantitative estimate of drug-likeness (QED) is 0.638. The highest BCUT2D eigenvalue weighted by Crippen LogP contribution is 2.29. The fourth-order valence-electron chi connectivity index (χ4n) is 3.58. The Balaban J connectivity index is 1.40. The van der Waals surface area contributed by atoms with Gasteiger partial charge in [0.25, 0.3) is 5.91 Å². The van der Waals surface area contributed by atoms with Crippen molar-refractivity contribution in [2.75, 3.05) is 6.54 Å². The number of nitrogens with one attached hydrogen (secondary N) is 1. The highest BCUT2D eigenvalue weighted by atomic mass is 32.1. The van der Waals surface area contributed by atoms with Gasteiger partial charge < -0.3 is 14.6 Å². The Kier molecular flexibility index (Phi) is 6.10. The Bertz CT molecular complexity index is 940. The average Bonchev–Trinajstić information content (AvgIpc) is 3.41. The number of rotatable bonds is 7. The molecule has 1 aromatic carbocycles. The van der Waals surface area contributed by atoms with Gasteiger partial charge in [-0.1, -0.05) is 30.3 Å². The molecule has 6 heteroatoms. The van der Waals surface area contributed by atoms with Gasteiger partial charge in [-0.25, -0.2) is 0 Å². The Hall–Kier alpha value is -2.86. The number of thiophene rings is 1. The first kappa shape index (κ1) is 19.5. The Morgan fingerprint density at radius 1 is 1.03 bits per heavy atom. The number of hydrogen-bond donors (Lipinski definition) is 1. The maximum absolute atomic E-state index is 12.9. The van der Waals surface area contributed by atoms with Crippen LogP contribution in [0.4, 0.5) is 0 Å². The minimum atomic E-state index is -0.171. The number of benzene rings is 1. The van der Waals surface area contributed by atoms with Crippen molar-refractivity contribution in [1.82, 2.24) is 10.2 Å². The summed E-state index contributed by atoms with van der Waals surface area (Å²) in [6, 6.07) is 15.5. The molecular weight excluding hydrogens is 384 g/mol. The number of carbonyl (C=O) groups excluding carboxylic acids is 2. The smallest absolute Gasteiger partial charge is 0.261 e. The first-order chi connectivity index (χ1) is 14.2. The lowest BCUT2D eigenvalue weighted by molar-refractivity contribution is -0.131. The lowest BCUT2D eigenvalue weighted by Gasteiger charge is -2.22. The number of furan rings is 1. The van der Waals surface area contributed by atoms with Crippen LogP contribution in [0, 0.1) is 0 Å². The van der Waals surface area contributed by atoms with Gasteiger partial charge in [-0.3, -0.25) is 9.59 Å². The minimum Gasteiger partial charge on any atom is -0.467 e. The van der Waals surface area contributed by atoms with Crippen LogP contribution in [0.5, 0.6) is 0 Å². The molecule has 0 radical (unpaired) electrons. The third-order valence-corrected chi connectivity index (χ3v) is 6.35. The monoisotopic (exact) mass is 408 g/mol. The van der Waals surface area contributed by atoms with E-state index in [0.29, 0.717) is 23.7 Å². The second-order valence-corrected chi connectivity index (χ2v) is 8.40. The van der Waals surface area contributed by atoms with Crippen molar-refractivity contribution in [2.24, 2.45) is 0 Å². The van der Waals surface area contributed by atoms with E-state index in [0.717, 1.165) is 18.4 Å². The number of carbonyl (C=O) groups is 2. The van der Waals surface area contributed by atoms with Crippen LogP contribution in [0.15, 0.2) is 59.2 Å². The van der Waals surface area contributed by atoms with E-state index in [-0.39, 0.29) is 18.4 Å². The number of amides is 2. The molecule has 1 aliphatic rings. The van der Waals surface area contributed by atoms with Crippen LogP contribution in [0.3, 0.4) is 0 Å². The molecule has 0 saturated heterocycles. The minimum absolute atomic E-state index is 0.0328. The maximum Gasteiger partial charge on any atom is 0.261 e. The van der Waals surface area contributed by atoms with Gasteiger partial charge in [-0.2, -0.15) is 0 Å². The van der Waals surface area contributed by atoms with Gasteiger partial charge in [0, 0.05) is 11.4 Å². The van der Waals surface area contributed by atoms with Crippen LogP contribution < -0.4 is 5.32 Å². The van der Waals surface area contributed by atoms with Crippen molar-refractivity contribution >= 4 is 23.2 Å². The SMILES string of the molecule is O=C(NCC(=O)N(Cc1ccccc1)Cc1ccco1)c1cc2c(s1)CCCC2. The van der Waals surface area contributed by atoms with Gasteiger partial charge in [0.05, 0.1) is 24.2 Å². The number of aryl methyl sites for hydroxylation is 2. The number of hydrogen-bond acceptors (Lipinski definition) is 4. The highest BCUT2D eigenvalue weighted by molar-refractivity contribution is 7.14. The van der Waals surface area contributed by atoms with E-state index in [1.54, 1.807) is 28.6 Å². The molecule has 0 aliphatic heterocycles. The molecule has 3 aromatic rings. The molecule has 150 valence electrons. The molecule has 0 saturated carbocycles. The normalized spacial score (nSPS) is 13.0. The summed E-state index contributed by atoms with van der Waals surface area (Å²) in [5.74, 6) is 0.405. The summed E-state index contributed by atoms with van der Waals surface area (Å²) in [6.07, 6.45) is 6.08. The number of fused-ring (bicyclic) bond motifs is 1. The average molecular weight is 409 g/mol. The van der Waals surface area contributed by atoms with E-state index in [1.807, 2.05) is 42.5 Å². The van der Waals surface area contributed by atoms with Crippen LogP contribution >= 0.6 is 11.3 Å². The Labute approximate surface area is 174 Å². The van der Waals surface area contributed by atoms with E-state index < -0.39 is 0 Å². The molecule has 1 N–H and O–H groups in total. The molecule has 0 fully saturated rings. The summed E-state index contributed by atoms with van der Waals surface area (Å²) in [7, 11) is 0. The molecule has 0 bridgehead atoms. The van der Waals surface area contributed by atoms with Crippen LogP contribution in [0.25, 0.3) is 0 Å². The largest absolute Gasteiger partial charge is 0.467 e. The van der Waals surface area contributed by atoms with Crippen LogP contribution in [-0.4, -0.2) is 23.3 Å². The lowest BCUT2D eigenvalue weighted by Crippen LogP contribution is -2.39. The fourth-order valence-corrected chi connectivity index (χ4v) is 4.75. The van der Waals surface area contributed by atoms with Crippen molar-refractivity contribution in [3.8, 4) is 0 Å². The van der Waals surface area contributed by atoms with Gasteiger partial charge in [0.1, 0.15) is 5.76 Å². The van der Waals surface area contributed by atoms with Crippen LogP contribution in [0.1, 0.15) is 44.3 Å². The zero-order chi connectivity index (χ0) is 20.1. The highest BCUT2D eigenvalue weighted by Gasteiger charge is 2.20. The van der Waals surface area contributed by atoms with Crippen molar-refractivity contribution in [3.05, 3.63) is 81.4 Å². The van der Waals surface area contributed by atoms with Crippen molar-refractivity contribution < 1.29 is 14.0 Å². The van der Waals surface area contributed by atoms with Gasteiger partial charge >= 0.3 is 0 Å². The molecule has 2 amide bonds. The topological polar surface area (TPSA) is 62.6 Å². The van der Waals surface area contributed by atoms with Gasteiger partial charge in [-0.05, 0) is 55.0 Å². The van der Waals surface area contributed by atoms with E-state index in [2.05, 4.69) is 5.32 Å². The van der Waals surface area contributed by atoms with Crippen LogP contribution in [0.2, 0.25) is 0 Å². The molecule has 1 aliphatic carbocycles. The second-order valence-electron chi connectivity index (χ2n) is 7.26. The van der Waals surface area contributed by atoms with Gasteiger partial charge in [0.2, 0.25) is 5.91 Å². The molecule has 0 atom stereocenters. The number of nitrogens with zero attached hydrogens (tertiary/aromatic N) is 1. The van der Waals surface area contributed by atoms with E-state index >= 15 is 0 Å². The Morgan fingerprint density at radius 3 is 2.62 bits per heavy atom. The van der Waals surface area contributed by atoms with Crippen molar-refractivity contribution in [3.63, 3.8) is 0 Å². The van der Waals surface area contributed by atoms with Crippen LogP contribution in [-0.2, 0) is 30.7 Å². The lowest BCUT2D eigenvalue weighted by atomic mass is 9.99. The molecule has 5 nitrogen and oxygen atoms in total. The molecule has 0 unspecified atom stereocenters. The summed E-state index contributed by atoms with van der Waals surface area (Å²) in [5, 5.41) is 2.80. The summed E-state index contributed by atoms with van der Waals surface area (Å²) in [6.45, 7) is 0.794. The van der Waals surface area contributed by atoms with E-state index in [1.165, 1.54) is 23.3 Å². The van der Waals surface area contributed by atoms with Crippen molar-refractivity contribution in [2.45, 2.75) is 38.8 Å². The zero-order valence-corrected chi connectivity index (χ0v) is 17.0. The third kappa shape index (κ3) is 4.95. The second kappa shape index (κ2) is 9.09. The van der Waals surface area contributed by atoms with E-state index in [9.17, 15) is 9.59 Å². The summed E-state index contributed by atoms with van der Waals surface area (Å²) >= 11 is 1.56. The molecule has 0 spiro atoms. The standard InChI is InChI=1S/C23H24N2O3S/c26-22(14-24-23(27)21-13-18-9-4-5-11-20(18)29-21)25(16-19-10-6-12-28-19)15-17-7-2-1-3-8-17/h1-3,6-8,10,12-13H,4-5,9,11,14-16H2,(H,24,27). The van der Waals surface area contributed by atoms with Crippen molar-refractivity contribution in [1.29, 1.82) is 0 Å². The summed E-state index contributed by atoms with van der Waals surface area (Å²) in [4.78, 5) is 29.2. The Morgan fingerprint density at radius 2 is 1.86 bits per heavy atom. The first-order valence-electron chi connectivity index (χ1n) is 9.93. The molecule has 2 heterocycles. The zero-order valence-electron chi connectivity index (χ0n) is 16.2. The molecule has 4 rings (SSSR count). The van der Waals surface area contributed by atoms with Gasteiger partial charge in [0.15, 0.2) is 0 Å². The predicted molar refractivity (Wildman–Crippen MR) is 113 cm³/mol. The fraction of sp³-hybridized carbons (Fsp3) is 0.304.